The van der Waals surface area contributed by atoms with E-state index < -0.39 is 0 Å². The lowest BCUT2D eigenvalue weighted by molar-refractivity contribution is 0.215. The van der Waals surface area contributed by atoms with Crippen molar-refractivity contribution < 1.29 is 9.47 Å². The van der Waals surface area contributed by atoms with Crippen molar-refractivity contribution in [2.24, 2.45) is 0 Å². The second-order valence-electron chi connectivity index (χ2n) is 6.25. The molecule has 1 fully saturated rings. The Morgan fingerprint density at radius 1 is 1.38 bits per heavy atom. The fraction of sp³-hybridized carbons (Fsp3) is 0.647. The first-order chi connectivity index (χ1) is 10.2. The lowest BCUT2D eigenvalue weighted by atomic mass is 10.00. The van der Waals surface area contributed by atoms with Gasteiger partial charge in [-0.1, -0.05) is 0 Å². The minimum absolute atomic E-state index is 0.360. The van der Waals surface area contributed by atoms with Gasteiger partial charge in [-0.3, -0.25) is 4.90 Å². The molecule has 1 heterocycles. The Morgan fingerprint density at radius 2 is 2.19 bits per heavy atom. The number of rotatable bonds is 6. The van der Waals surface area contributed by atoms with Crippen LogP contribution >= 0.6 is 0 Å². The Balaban J connectivity index is 1.64. The summed E-state index contributed by atoms with van der Waals surface area (Å²) in [5.41, 5.74) is 1.22. The van der Waals surface area contributed by atoms with E-state index in [9.17, 15) is 0 Å². The monoisotopic (exact) mass is 290 g/mol. The summed E-state index contributed by atoms with van der Waals surface area (Å²) in [6.45, 7) is 4.09. The average Bonchev–Trinajstić information content (AvgIpc) is 3.36. The highest BCUT2D eigenvalue weighted by Crippen LogP contribution is 2.35. The largest absolute Gasteiger partial charge is 0.497 e. The number of likely N-dealkylation sites (N-methyl/N-ethyl adjacent to an activating group) is 1. The molecular formula is C17H26N2O2. The van der Waals surface area contributed by atoms with Gasteiger partial charge >= 0.3 is 0 Å². The lowest BCUT2D eigenvalue weighted by Gasteiger charge is -2.30. The normalized spacial score (nSPS) is 22.6. The smallest absolute Gasteiger partial charge is 0.124 e. The van der Waals surface area contributed by atoms with Crippen molar-refractivity contribution in [3.8, 4) is 11.5 Å². The lowest BCUT2D eigenvalue weighted by Crippen LogP contribution is -2.41. The van der Waals surface area contributed by atoms with Crippen LogP contribution < -0.4 is 14.8 Å². The molecule has 0 bridgehead atoms. The molecule has 0 aromatic heterocycles. The quantitative estimate of drug-likeness (QED) is 0.873. The van der Waals surface area contributed by atoms with Crippen LogP contribution in [0.15, 0.2) is 18.2 Å². The van der Waals surface area contributed by atoms with E-state index in [1.54, 1.807) is 7.11 Å². The molecule has 4 nitrogen and oxygen atoms in total. The molecule has 3 rings (SSSR count). The van der Waals surface area contributed by atoms with Crippen molar-refractivity contribution >= 4 is 0 Å². The second-order valence-corrected chi connectivity index (χ2v) is 6.25. The number of nitrogens with zero attached hydrogens (tertiary/aromatic N) is 1. The highest BCUT2D eigenvalue weighted by molar-refractivity contribution is 5.43. The minimum atomic E-state index is 0.360. The van der Waals surface area contributed by atoms with Gasteiger partial charge in [-0.15, -0.1) is 0 Å². The molecule has 0 spiro atoms. The molecule has 4 heteroatoms. The first kappa shape index (κ1) is 14.7. The van der Waals surface area contributed by atoms with Gasteiger partial charge in [-0.2, -0.15) is 0 Å². The summed E-state index contributed by atoms with van der Waals surface area (Å²) in [6, 6.07) is 7.81. The van der Waals surface area contributed by atoms with Gasteiger partial charge in [0.1, 0.15) is 11.5 Å². The first-order valence-corrected chi connectivity index (χ1v) is 7.95. The zero-order chi connectivity index (χ0) is 14.8. The van der Waals surface area contributed by atoms with E-state index in [0.717, 1.165) is 37.1 Å². The average molecular weight is 290 g/mol. The molecule has 1 N–H and O–H groups in total. The molecule has 2 aliphatic rings. The Bertz CT molecular complexity index is 488. The van der Waals surface area contributed by atoms with Gasteiger partial charge in [0.05, 0.1) is 13.7 Å². The molecule has 1 aromatic rings. The molecule has 1 saturated carbocycles. The van der Waals surface area contributed by atoms with Crippen molar-refractivity contribution in [3.63, 3.8) is 0 Å². The summed E-state index contributed by atoms with van der Waals surface area (Å²) >= 11 is 0. The van der Waals surface area contributed by atoms with Gasteiger partial charge < -0.3 is 14.8 Å². The molecule has 0 saturated heterocycles. The van der Waals surface area contributed by atoms with Crippen LogP contribution in [0.3, 0.4) is 0 Å². The summed E-state index contributed by atoms with van der Waals surface area (Å²) < 4.78 is 11.1. The summed E-state index contributed by atoms with van der Waals surface area (Å²) in [6.07, 6.45) is 3.73. The Hall–Kier alpha value is -1.26. The molecule has 21 heavy (non-hydrogen) atoms. The third-order valence-electron chi connectivity index (χ3n) is 4.73. The standard InChI is InChI=1S/C17H26N2O2/c1-12(19(2)13-4-5-13)11-18-16-8-9-21-17-7-6-14(20-3)10-15(16)17/h6-7,10,12-13,16,18H,4-5,8-9,11H2,1-3H3. The second kappa shape index (κ2) is 6.24. The van der Waals surface area contributed by atoms with Gasteiger partial charge in [0.15, 0.2) is 0 Å². The van der Waals surface area contributed by atoms with Gasteiger partial charge in [0.25, 0.3) is 0 Å². The van der Waals surface area contributed by atoms with Gasteiger partial charge in [-0.05, 0) is 45.0 Å². The molecule has 1 aliphatic heterocycles. The molecule has 1 aliphatic carbocycles. The molecule has 1 aromatic carbocycles. The van der Waals surface area contributed by atoms with E-state index in [-0.39, 0.29) is 0 Å². The molecule has 2 atom stereocenters. The fourth-order valence-corrected chi connectivity index (χ4v) is 3.01. The number of nitrogens with one attached hydrogen (secondary N) is 1. The Morgan fingerprint density at radius 3 is 2.90 bits per heavy atom. The van der Waals surface area contributed by atoms with E-state index in [0.29, 0.717) is 12.1 Å². The molecule has 116 valence electrons. The maximum absolute atomic E-state index is 5.75. The van der Waals surface area contributed by atoms with Gasteiger partial charge in [0.2, 0.25) is 0 Å². The first-order valence-electron chi connectivity index (χ1n) is 7.95. The predicted molar refractivity (Wildman–Crippen MR) is 84.1 cm³/mol. The predicted octanol–water partition coefficient (Wildman–Crippen LogP) is 2.59. The molecule has 0 radical (unpaired) electrons. The summed E-state index contributed by atoms with van der Waals surface area (Å²) in [5, 5.41) is 3.72. The number of benzene rings is 1. The Labute approximate surface area is 127 Å². The zero-order valence-corrected chi connectivity index (χ0v) is 13.3. The van der Waals surface area contributed by atoms with Crippen molar-refractivity contribution in [2.45, 2.75) is 44.3 Å². The van der Waals surface area contributed by atoms with Gasteiger partial charge in [-0.25, -0.2) is 0 Å². The van der Waals surface area contributed by atoms with Crippen LogP contribution in [0.5, 0.6) is 11.5 Å². The van der Waals surface area contributed by atoms with Crippen LogP contribution in [0.2, 0.25) is 0 Å². The summed E-state index contributed by atoms with van der Waals surface area (Å²) in [4.78, 5) is 2.50. The van der Waals surface area contributed by atoms with Crippen molar-refractivity contribution in [1.29, 1.82) is 0 Å². The van der Waals surface area contributed by atoms with Crippen molar-refractivity contribution in [2.75, 3.05) is 27.3 Å². The fourth-order valence-electron chi connectivity index (χ4n) is 3.01. The topological polar surface area (TPSA) is 33.7 Å². The van der Waals surface area contributed by atoms with Crippen LogP contribution in [-0.4, -0.2) is 44.3 Å². The van der Waals surface area contributed by atoms with E-state index in [1.165, 1.54) is 18.4 Å². The highest BCUT2D eigenvalue weighted by atomic mass is 16.5. The number of ether oxygens (including phenoxy) is 2. The van der Waals surface area contributed by atoms with Crippen molar-refractivity contribution in [3.05, 3.63) is 23.8 Å². The van der Waals surface area contributed by atoms with Crippen LogP contribution in [0.1, 0.15) is 37.8 Å². The molecule has 2 unspecified atom stereocenters. The summed E-state index contributed by atoms with van der Waals surface area (Å²) in [7, 11) is 3.95. The number of methoxy groups -OCH3 is 1. The maximum atomic E-state index is 5.75. The minimum Gasteiger partial charge on any atom is -0.497 e. The summed E-state index contributed by atoms with van der Waals surface area (Å²) in [5.74, 6) is 1.89. The zero-order valence-electron chi connectivity index (χ0n) is 13.3. The third kappa shape index (κ3) is 3.33. The Kier molecular flexibility index (Phi) is 4.36. The van der Waals surface area contributed by atoms with E-state index in [1.807, 2.05) is 12.1 Å². The molecular weight excluding hydrogens is 264 g/mol. The molecule has 0 amide bonds. The number of hydrogen-bond donors (Lipinski definition) is 1. The van der Waals surface area contributed by atoms with Crippen LogP contribution in [0.4, 0.5) is 0 Å². The number of hydrogen-bond acceptors (Lipinski definition) is 4. The SMILES string of the molecule is COc1ccc2c(c1)C(NCC(C)N(C)C1CC1)CCO2. The maximum Gasteiger partial charge on any atom is 0.124 e. The van der Waals surface area contributed by atoms with Crippen LogP contribution in [0, 0.1) is 0 Å². The van der Waals surface area contributed by atoms with E-state index in [4.69, 9.17) is 9.47 Å². The van der Waals surface area contributed by atoms with E-state index >= 15 is 0 Å². The van der Waals surface area contributed by atoms with Crippen molar-refractivity contribution in [1.82, 2.24) is 10.2 Å². The van der Waals surface area contributed by atoms with E-state index in [2.05, 4.69) is 30.3 Å². The van der Waals surface area contributed by atoms with Gasteiger partial charge in [0, 0.05) is 36.7 Å². The third-order valence-corrected chi connectivity index (χ3v) is 4.73. The number of fused-ring (bicyclic) bond motifs is 1. The van der Waals surface area contributed by atoms with Crippen LogP contribution in [0.25, 0.3) is 0 Å². The van der Waals surface area contributed by atoms with Crippen LogP contribution in [-0.2, 0) is 0 Å². The highest BCUT2D eigenvalue weighted by Gasteiger charge is 2.29.